The second kappa shape index (κ2) is 4.99. The van der Waals surface area contributed by atoms with Crippen LogP contribution in [0.1, 0.15) is 39.5 Å². The van der Waals surface area contributed by atoms with Crippen molar-refractivity contribution in [1.82, 2.24) is 14.6 Å². The highest BCUT2D eigenvalue weighted by atomic mass is 19.1. The number of aromatic nitrogens is 3. The zero-order valence-electron chi connectivity index (χ0n) is 12.0. The van der Waals surface area contributed by atoms with Gasteiger partial charge in [-0.05, 0) is 30.0 Å². The maximum absolute atomic E-state index is 13.1. The van der Waals surface area contributed by atoms with Crippen LogP contribution in [0.5, 0.6) is 0 Å². The number of fused-ring (bicyclic) bond motifs is 3. The fourth-order valence-electron chi connectivity index (χ4n) is 3.10. The van der Waals surface area contributed by atoms with Crippen LogP contribution in [0.2, 0.25) is 0 Å². The summed E-state index contributed by atoms with van der Waals surface area (Å²) >= 11 is 0. The van der Waals surface area contributed by atoms with E-state index in [4.69, 9.17) is 5.26 Å². The molecular formula is C17H11FN4O. The monoisotopic (exact) mass is 306 g/mol. The molecule has 0 bridgehead atoms. The first-order valence-electron chi connectivity index (χ1n) is 7.21. The largest absolute Gasteiger partial charge is 0.294 e. The summed E-state index contributed by atoms with van der Waals surface area (Å²) in [6, 6.07) is 8.27. The first kappa shape index (κ1) is 13.6. The number of nitrogens with zero attached hydrogens (tertiary/aromatic N) is 4. The number of carbonyl (C=O) groups excluding carboxylic acids is 1. The Labute approximate surface area is 131 Å². The van der Waals surface area contributed by atoms with E-state index in [0.29, 0.717) is 29.6 Å². The number of benzene rings is 1. The number of hydrogen-bond donors (Lipinski definition) is 0. The molecule has 1 unspecified atom stereocenters. The molecule has 0 N–H and O–H groups in total. The van der Waals surface area contributed by atoms with Crippen LogP contribution in [0.15, 0.2) is 36.7 Å². The fourth-order valence-corrected chi connectivity index (χ4v) is 3.10. The van der Waals surface area contributed by atoms with Gasteiger partial charge < -0.3 is 0 Å². The summed E-state index contributed by atoms with van der Waals surface area (Å²) in [7, 11) is 0. The number of hydrogen-bond acceptors (Lipinski definition) is 4. The minimum atomic E-state index is -0.298. The Morgan fingerprint density at radius 3 is 2.74 bits per heavy atom. The first-order chi connectivity index (χ1) is 11.2. The molecule has 0 aliphatic heterocycles. The smallest absolute Gasteiger partial charge is 0.173 e. The minimum absolute atomic E-state index is 0.0102. The van der Waals surface area contributed by atoms with Crippen molar-refractivity contribution in [3.8, 4) is 6.07 Å². The molecule has 0 spiro atoms. The Balaban J connectivity index is 1.83. The summed E-state index contributed by atoms with van der Waals surface area (Å²) in [4.78, 5) is 16.6. The van der Waals surface area contributed by atoms with Crippen molar-refractivity contribution >= 4 is 11.4 Å². The van der Waals surface area contributed by atoms with Crippen molar-refractivity contribution < 1.29 is 9.18 Å². The van der Waals surface area contributed by atoms with Crippen LogP contribution in [0.4, 0.5) is 4.39 Å². The van der Waals surface area contributed by atoms with E-state index in [1.165, 1.54) is 24.5 Å². The van der Waals surface area contributed by atoms with Crippen molar-refractivity contribution in [2.24, 2.45) is 0 Å². The summed E-state index contributed by atoms with van der Waals surface area (Å²) in [5.41, 5.74) is 3.05. The Hall–Kier alpha value is -3.07. The lowest BCUT2D eigenvalue weighted by Crippen LogP contribution is -2.22. The first-order valence-corrected chi connectivity index (χ1v) is 7.21. The highest BCUT2D eigenvalue weighted by Gasteiger charge is 2.29. The molecule has 6 heteroatoms. The molecular weight excluding hydrogens is 295 g/mol. The standard InChI is InChI=1S/C17H11FN4O/c18-13-3-1-10(2-4-13)11-5-15-14(16(23)6-11)9-20-17-12(7-19)8-21-22(15)17/h1-4,8-9,11H,5-6H2. The summed E-state index contributed by atoms with van der Waals surface area (Å²) in [6.07, 6.45) is 3.93. The van der Waals surface area contributed by atoms with E-state index >= 15 is 0 Å². The topological polar surface area (TPSA) is 71.1 Å². The van der Waals surface area contributed by atoms with Crippen molar-refractivity contribution in [2.75, 3.05) is 0 Å². The van der Waals surface area contributed by atoms with Gasteiger partial charge in [-0.3, -0.25) is 4.79 Å². The summed E-state index contributed by atoms with van der Waals surface area (Å²) < 4.78 is 14.7. The molecule has 23 heavy (non-hydrogen) atoms. The Morgan fingerprint density at radius 1 is 1.22 bits per heavy atom. The molecule has 0 radical (unpaired) electrons. The molecule has 4 rings (SSSR count). The van der Waals surface area contributed by atoms with E-state index in [9.17, 15) is 9.18 Å². The zero-order chi connectivity index (χ0) is 16.0. The zero-order valence-corrected chi connectivity index (χ0v) is 12.0. The third kappa shape index (κ3) is 2.09. The van der Waals surface area contributed by atoms with Crippen LogP contribution >= 0.6 is 0 Å². The minimum Gasteiger partial charge on any atom is -0.294 e. The van der Waals surface area contributed by atoms with Crippen molar-refractivity contribution in [2.45, 2.75) is 18.8 Å². The van der Waals surface area contributed by atoms with Gasteiger partial charge in [-0.2, -0.15) is 10.4 Å². The number of carbonyl (C=O) groups is 1. The van der Waals surface area contributed by atoms with Crippen LogP contribution in [0.3, 0.4) is 0 Å². The summed E-state index contributed by atoms with van der Waals surface area (Å²) in [5.74, 6) is -0.339. The summed E-state index contributed by atoms with van der Waals surface area (Å²) in [5, 5.41) is 13.3. The molecule has 1 aliphatic carbocycles. The van der Waals surface area contributed by atoms with Gasteiger partial charge in [0.15, 0.2) is 11.4 Å². The molecule has 112 valence electrons. The highest BCUT2D eigenvalue weighted by molar-refractivity contribution is 5.98. The molecule has 1 aromatic carbocycles. The van der Waals surface area contributed by atoms with Crippen molar-refractivity contribution in [3.05, 3.63) is 64.9 Å². The van der Waals surface area contributed by atoms with Gasteiger partial charge in [0.25, 0.3) is 0 Å². The normalized spacial score (nSPS) is 17.0. The van der Waals surface area contributed by atoms with Gasteiger partial charge in [0.1, 0.15) is 17.4 Å². The molecule has 3 aromatic rings. The molecule has 1 atom stereocenters. The Morgan fingerprint density at radius 2 is 2.00 bits per heavy atom. The molecule has 0 fully saturated rings. The average molecular weight is 306 g/mol. The van der Waals surface area contributed by atoms with E-state index in [2.05, 4.69) is 10.1 Å². The molecule has 2 heterocycles. The molecule has 0 amide bonds. The number of ketones is 1. The maximum Gasteiger partial charge on any atom is 0.173 e. The van der Waals surface area contributed by atoms with Gasteiger partial charge in [-0.25, -0.2) is 13.9 Å². The third-order valence-electron chi connectivity index (χ3n) is 4.26. The number of halogens is 1. The van der Waals surface area contributed by atoms with Crippen molar-refractivity contribution in [1.29, 1.82) is 5.26 Å². The van der Waals surface area contributed by atoms with Crippen LogP contribution in [-0.4, -0.2) is 20.4 Å². The predicted octanol–water partition coefficient (Wildman–Crippen LogP) is 2.65. The molecule has 2 aromatic heterocycles. The molecule has 0 saturated carbocycles. The predicted molar refractivity (Wildman–Crippen MR) is 79.5 cm³/mol. The maximum atomic E-state index is 13.1. The molecule has 5 nitrogen and oxygen atoms in total. The lowest BCUT2D eigenvalue weighted by Gasteiger charge is -2.24. The van der Waals surface area contributed by atoms with E-state index < -0.39 is 0 Å². The van der Waals surface area contributed by atoms with Crippen molar-refractivity contribution in [3.63, 3.8) is 0 Å². The molecule has 0 saturated heterocycles. The number of rotatable bonds is 1. The van der Waals surface area contributed by atoms with E-state index in [1.54, 1.807) is 16.6 Å². The van der Waals surface area contributed by atoms with Crippen LogP contribution < -0.4 is 0 Å². The lowest BCUT2D eigenvalue weighted by molar-refractivity contribution is 0.0962. The highest BCUT2D eigenvalue weighted by Crippen LogP contribution is 2.32. The van der Waals surface area contributed by atoms with Crippen LogP contribution in [0.25, 0.3) is 5.65 Å². The fraction of sp³-hybridized carbons (Fsp3) is 0.176. The van der Waals surface area contributed by atoms with Crippen LogP contribution in [-0.2, 0) is 6.42 Å². The summed E-state index contributed by atoms with van der Waals surface area (Å²) in [6.45, 7) is 0. The van der Waals surface area contributed by atoms with Gasteiger partial charge in [-0.15, -0.1) is 0 Å². The molecule has 1 aliphatic rings. The van der Waals surface area contributed by atoms with E-state index in [1.807, 2.05) is 6.07 Å². The van der Waals surface area contributed by atoms with Gasteiger partial charge >= 0.3 is 0 Å². The second-order valence-corrected chi connectivity index (χ2v) is 5.60. The van der Waals surface area contributed by atoms with E-state index in [0.717, 1.165) is 11.3 Å². The lowest BCUT2D eigenvalue weighted by atomic mass is 9.82. The van der Waals surface area contributed by atoms with Gasteiger partial charge in [0.2, 0.25) is 0 Å². The Bertz CT molecular complexity index is 969. The number of nitriles is 1. The average Bonchev–Trinajstić information content (AvgIpc) is 2.99. The third-order valence-corrected chi connectivity index (χ3v) is 4.26. The SMILES string of the molecule is N#Cc1cnn2c3c(cnc12)C(=O)CC(c1ccc(F)cc1)C3. The van der Waals surface area contributed by atoms with Crippen LogP contribution in [0, 0.1) is 17.1 Å². The second-order valence-electron chi connectivity index (χ2n) is 5.60. The quantitative estimate of drug-likeness (QED) is 0.693. The van der Waals surface area contributed by atoms with Gasteiger partial charge in [-0.1, -0.05) is 12.1 Å². The number of Topliss-reactive ketones (excluding diaryl/α,β-unsaturated/α-hetero) is 1. The van der Waals surface area contributed by atoms with Gasteiger partial charge in [0.05, 0.1) is 17.5 Å². The van der Waals surface area contributed by atoms with E-state index in [-0.39, 0.29) is 17.5 Å². The van der Waals surface area contributed by atoms with Gasteiger partial charge in [0, 0.05) is 12.6 Å². The Kier molecular flexibility index (Phi) is 2.95.